The van der Waals surface area contributed by atoms with Crippen LogP contribution in [0.4, 0.5) is 0 Å². The Kier molecular flexibility index (Phi) is 0.473. The molecule has 1 rings (SSSR count). The second-order valence-electron chi connectivity index (χ2n) is 1.43. The molecule has 1 aliphatic heterocycles. The third-order valence-corrected chi connectivity index (χ3v) is 0.948. The van der Waals surface area contributed by atoms with Gasteiger partial charge in [-0.05, 0) is 13.3 Å². The highest BCUT2D eigenvalue weighted by molar-refractivity contribution is 4.77. The fourth-order valence-corrected chi connectivity index (χ4v) is 0.480. The van der Waals surface area contributed by atoms with Gasteiger partial charge < -0.3 is 4.74 Å². The van der Waals surface area contributed by atoms with Gasteiger partial charge in [0.15, 0.2) is 0 Å². The Hall–Kier alpha value is -0.0400. The predicted molar refractivity (Wildman–Crippen MR) is 24.6 cm³/mol. The summed E-state index contributed by atoms with van der Waals surface area (Å²) in [7, 11) is 0. The van der Waals surface area contributed by atoms with Crippen LogP contribution in [0.15, 0.2) is 0 Å². The van der Waals surface area contributed by atoms with Crippen LogP contribution in [0.25, 0.3) is 0 Å². The van der Waals surface area contributed by atoms with E-state index in [0.29, 0.717) is 6.42 Å². The first-order valence-electron chi connectivity index (χ1n) is 3.22. The molecule has 0 amide bonds. The summed E-state index contributed by atoms with van der Waals surface area (Å²) < 4.78 is 19.3. The highest BCUT2D eigenvalue weighted by atomic mass is 16.6. The fourth-order valence-electron chi connectivity index (χ4n) is 0.480. The van der Waals surface area contributed by atoms with Crippen molar-refractivity contribution in [2.75, 3.05) is 0 Å². The van der Waals surface area contributed by atoms with Crippen molar-refractivity contribution in [3.8, 4) is 0 Å². The number of hydrogen-bond acceptors (Lipinski definition) is 1. The molecule has 2 unspecified atom stereocenters. The van der Waals surface area contributed by atoms with E-state index in [1.54, 1.807) is 6.92 Å². The SMILES string of the molecule is [2H]C1(C)OC1([2H])CC. The first-order valence-corrected chi connectivity index (χ1v) is 2.22. The maximum absolute atomic E-state index is 7.28. The first-order chi connectivity index (χ1) is 3.52. The highest BCUT2D eigenvalue weighted by Crippen LogP contribution is 2.22. The van der Waals surface area contributed by atoms with Crippen LogP contribution in [0, 0.1) is 0 Å². The van der Waals surface area contributed by atoms with Crippen LogP contribution in [0.3, 0.4) is 0 Å². The lowest BCUT2D eigenvalue weighted by molar-refractivity contribution is 0.375. The van der Waals surface area contributed by atoms with E-state index in [1.807, 2.05) is 6.92 Å². The minimum Gasteiger partial charge on any atom is -0.370 e. The molecule has 36 valence electrons. The van der Waals surface area contributed by atoms with Crippen molar-refractivity contribution < 1.29 is 7.48 Å². The second kappa shape index (κ2) is 1.23. The lowest BCUT2D eigenvalue weighted by atomic mass is 10.3. The smallest absolute Gasteiger partial charge is 0.0836 e. The van der Waals surface area contributed by atoms with Crippen LogP contribution in [0.5, 0.6) is 0 Å². The van der Waals surface area contributed by atoms with E-state index in [4.69, 9.17) is 7.48 Å². The summed E-state index contributed by atoms with van der Waals surface area (Å²) in [5.41, 5.74) is 0. The number of epoxide rings is 1. The van der Waals surface area contributed by atoms with E-state index in [0.717, 1.165) is 0 Å². The van der Waals surface area contributed by atoms with Gasteiger partial charge in [0.1, 0.15) is 0 Å². The number of hydrogen-bond donors (Lipinski definition) is 0. The standard InChI is InChI=1S/C5H10O/c1-3-5-4(2)6-5/h4-5H,3H2,1-2H3/i4D,5D. The van der Waals surface area contributed by atoms with Crippen molar-refractivity contribution in [3.63, 3.8) is 0 Å². The summed E-state index contributed by atoms with van der Waals surface area (Å²) in [6.45, 7) is 3.47. The molecule has 0 bridgehead atoms. The Morgan fingerprint density at radius 3 is 2.50 bits per heavy atom. The Morgan fingerprint density at radius 2 is 2.50 bits per heavy atom. The van der Waals surface area contributed by atoms with Gasteiger partial charge in [-0.15, -0.1) is 0 Å². The van der Waals surface area contributed by atoms with Crippen molar-refractivity contribution >= 4 is 0 Å². The minimum atomic E-state index is -0.929. The molecule has 1 heterocycles. The van der Waals surface area contributed by atoms with E-state index >= 15 is 0 Å². The van der Waals surface area contributed by atoms with E-state index in [-0.39, 0.29) is 0 Å². The van der Waals surface area contributed by atoms with Crippen LogP contribution in [-0.4, -0.2) is 12.2 Å². The predicted octanol–water partition coefficient (Wildman–Crippen LogP) is 1.18. The van der Waals surface area contributed by atoms with Crippen LogP contribution in [0.1, 0.15) is 23.0 Å². The zero-order valence-corrected chi connectivity index (χ0v) is 4.12. The molecule has 0 saturated carbocycles. The highest BCUT2D eigenvalue weighted by Gasteiger charge is 2.31. The third-order valence-electron chi connectivity index (χ3n) is 0.948. The molecule has 0 aliphatic carbocycles. The molecule has 6 heavy (non-hydrogen) atoms. The molecule has 0 radical (unpaired) electrons. The van der Waals surface area contributed by atoms with Gasteiger partial charge >= 0.3 is 0 Å². The molecule has 0 N–H and O–H groups in total. The van der Waals surface area contributed by atoms with Gasteiger partial charge in [0, 0.05) is 0 Å². The van der Waals surface area contributed by atoms with E-state index in [1.165, 1.54) is 0 Å². The molecular weight excluding hydrogens is 76.1 g/mol. The largest absolute Gasteiger partial charge is 0.370 e. The quantitative estimate of drug-likeness (QED) is 0.438. The van der Waals surface area contributed by atoms with Crippen molar-refractivity contribution in [1.29, 1.82) is 0 Å². The van der Waals surface area contributed by atoms with Crippen LogP contribution >= 0.6 is 0 Å². The molecule has 0 aromatic carbocycles. The normalized spacial score (nSPS) is 72.3. The Morgan fingerprint density at radius 1 is 2.00 bits per heavy atom. The zero-order valence-electron chi connectivity index (χ0n) is 6.12. The van der Waals surface area contributed by atoms with E-state index in [9.17, 15) is 0 Å². The Labute approximate surface area is 41.1 Å². The van der Waals surface area contributed by atoms with Gasteiger partial charge in [0.25, 0.3) is 0 Å². The average molecular weight is 88.1 g/mol. The molecule has 1 fully saturated rings. The van der Waals surface area contributed by atoms with Crippen LogP contribution in [-0.2, 0) is 4.74 Å². The molecule has 1 heteroatoms. The van der Waals surface area contributed by atoms with Gasteiger partial charge in [-0.3, -0.25) is 0 Å². The summed E-state index contributed by atoms with van der Waals surface area (Å²) in [5, 5.41) is 0. The van der Waals surface area contributed by atoms with Gasteiger partial charge in [-0.2, -0.15) is 0 Å². The molecule has 2 atom stereocenters. The van der Waals surface area contributed by atoms with Gasteiger partial charge in [-0.25, -0.2) is 0 Å². The third kappa shape index (κ3) is 0.548. The van der Waals surface area contributed by atoms with Gasteiger partial charge in [-0.1, -0.05) is 6.92 Å². The molecule has 0 aromatic heterocycles. The summed E-state index contributed by atoms with van der Waals surface area (Å²) in [4.78, 5) is 0. The van der Waals surface area contributed by atoms with Crippen molar-refractivity contribution in [2.45, 2.75) is 32.4 Å². The van der Waals surface area contributed by atoms with E-state index in [2.05, 4.69) is 0 Å². The number of ether oxygens (including phenoxy) is 1. The first kappa shape index (κ1) is 2.31. The van der Waals surface area contributed by atoms with Gasteiger partial charge in [0.2, 0.25) is 0 Å². The topological polar surface area (TPSA) is 12.5 Å². The molecule has 1 saturated heterocycles. The average Bonchev–Trinajstić information content (AvgIpc) is 2.10. The number of rotatable bonds is 1. The van der Waals surface area contributed by atoms with Crippen molar-refractivity contribution in [1.82, 2.24) is 0 Å². The second-order valence-corrected chi connectivity index (χ2v) is 1.43. The van der Waals surface area contributed by atoms with Crippen LogP contribution in [0.2, 0.25) is 0 Å². The maximum Gasteiger partial charge on any atom is 0.0836 e. The molecular formula is C5H10O. The molecule has 1 nitrogen and oxygen atoms in total. The maximum atomic E-state index is 7.28. The van der Waals surface area contributed by atoms with Crippen molar-refractivity contribution in [2.24, 2.45) is 0 Å². The zero-order chi connectivity index (χ0) is 6.41. The molecule has 0 aromatic rings. The molecule has 0 spiro atoms. The lowest BCUT2D eigenvalue weighted by Crippen LogP contribution is -1.81. The summed E-state index contributed by atoms with van der Waals surface area (Å²) >= 11 is 0. The van der Waals surface area contributed by atoms with Crippen LogP contribution < -0.4 is 0 Å². The summed E-state index contributed by atoms with van der Waals surface area (Å²) in [6.07, 6.45) is -1.22. The van der Waals surface area contributed by atoms with Gasteiger partial charge in [0.05, 0.1) is 14.9 Å². The Bertz CT molecular complexity index is 113. The Balaban J connectivity index is 2.55. The monoisotopic (exact) mass is 88.1 g/mol. The summed E-state index contributed by atoms with van der Waals surface area (Å²) in [6, 6.07) is 0. The van der Waals surface area contributed by atoms with E-state index < -0.39 is 12.2 Å². The lowest BCUT2D eigenvalue weighted by Gasteiger charge is -1.72. The van der Waals surface area contributed by atoms with Crippen molar-refractivity contribution in [3.05, 3.63) is 0 Å². The minimum absolute atomic E-state index is 0.604. The fraction of sp³-hybridized carbons (Fsp3) is 1.00. The summed E-state index contributed by atoms with van der Waals surface area (Å²) in [5.74, 6) is 0. The molecule has 1 aliphatic rings.